The number of carbonyl (C=O) groups excluding carboxylic acids is 1. The van der Waals surface area contributed by atoms with E-state index in [1.807, 2.05) is 36.4 Å². The second-order valence-electron chi connectivity index (χ2n) is 6.17. The summed E-state index contributed by atoms with van der Waals surface area (Å²) in [7, 11) is -2.32. The Morgan fingerprint density at radius 3 is 2.30 bits per heavy atom. The Labute approximate surface area is 159 Å². The number of hydrogen-bond acceptors (Lipinski definition) is 4. The van der Waals surface area contributed by atoms with Gasteiger partial charge < -0.3 is 0 Å². The van der Waals surface area contributed by atoms with E-state index in [4.69, 9.17) is 0 Å². The van der Waals surface area contributed by atoms with Crippen LogP contribution in [0, 0.1) is 0 Å². The number of rotatable bonds is 6. The first-order valence-corrected chi connectivity index (χ1v) is 9.90. The molecule has 27 heavy (non-hydrogen) atoms. The van der Waals surface area contributed by atoms with E-state index >= 15 is 0 Å². The lowest BCUT2D eigenvalue weighted by Crippen LogP contribution is -2.32. The number of nitrogens with zero attached hydrogens (tertiary/aromatic N) is 2. The number of carbonyl (C=O) groups is 1. The smallest absolute Gasteiger partial charge is 0.243 e. The fourth-order valence-electron chi connectivity index (χ4n) is 2.92. The van der Waals surface area contributed by atoms with E-state index in [0.29, 0.717) is 11.3 Å². The second-order valence-corrected chi connectivity index (χ2v) is 8.17. The van der Waals surface area contributed by atoms with Crippen molar-refractivity contribution in [2.45, 2.75) is 17.9 Å². The van der Waals surface area contributed by atoms with Crippen LogP contribution in [0.4, 0.5) is 0 Å². The molecule has 1 aromatic heterocycles. The van der Waals surface area contributed by atoms with Crippen molar-refractivity contribution in [1.82, 2.24) is 9.29 Å². The van der Waals surface area contributed by atoms with Gasteiger partial charge in [-0.1, -0.05) is 48.5 Å². The van der Waals surface area contributed by atoms with Crippen LogP contribution in [-0.2, 0) is 10.0 Å². The van der Waals surface area contributed by atoms with E-state index in [9.17, 15) is 13.2 Å². The molecular weight excluding hydrogens is 360 g/mol. The minimum Gasteiger partial charge on any atom is -0.295 e. The van der Waals surface area contributed by atoms with E-state index in [0.717, 1.165) is 5.56 Å². The molecule has 0 N–H and O–H groups in total. The van der Waals surface area contributed by atoms with Crippen LogP contribution in [0.25, 0.3) is 0 Å². The number of ketones is 1. The Balaban J connectivity index is 2.10. The molecule has 6 heteroatoms. The van der Waals surface area contributed by atoms with E-state index in [-0.39, 0.29) is 10.7 Å². The molecule has 2 aromatic carbocycles. The van der Waals surface area contributed by atoms with Gasteiger partial charge >= 0.3 is 0 Å². The maximum Gasteiger partial charge on any atom is 0.243 e. The molecule has 5 nitrogen and oxygen atoms in total. The average molecular weight is 380 g/mol. The summed E-state index contributed by atoms with van der Waals surface area (Å²) >= 11 is 0. The molecule has 1 heterocycles. The van der Waals surface area contributed by atoms with Crippen molar-refractivity contribution < 1.29 is 13.2 Å². The fraction of sp³-hybridized carbons (Fsp3) is 0.143. The molecule has 0 radical (unpaired) electrons. The summed E-state index contributed by atoms with van der Waals surface area (Å²) in [6, 6.07) is 20.3. The third-order valence-electron chi connectivity index (χ3n) is 4.36. The molecule has 0 unspecified atom stereocenters. The van der Waals surface area contributed by atoms with Crippen LogP contribution in [0.15, 0.2) is 83.9 Å². The highest BCUT2D eigenvalue weighted by Gasteiger charge is 2.31. The molecule has 0 saturated heterocycles. The van der Waals surface area contributed by atoms with Gasteiger partial charge in [-0.15, -0.1) is 0 Å². The van der Waals surface area contributed by atoms with Gasteiger partial charge in [0.25, 0.3) is 0 Å². The highest BCUT2D eigenvalue weighted by molar-refractivity contribution is 7.89. The maximum atomic E-state index is 13.3. The lowest BCUT2D eigenvalue weighted by molar-refractivity contribution is 0.101. The quantitative estimate of drug-likeness (QED) is 0.612. The zero-order valence-corrected chi connectivity index (χ0v) is 15.9. The lowest BCUT2D eigenvalue weighted by atomic mass is 10.0. The fourth-order valence-corrected chi connectivity index (χ4v) is 4.29. The van der Waals surface area contributed by atoms with E-state index in [1.165, 1.54) is 30.4 Å². The third-order valence-corrected chi connectivity index (χ3v) is 6.18. The molecule has 3 rings (SSSR count). The molecule has 0 aliphatic carbocycles. The highest BCUT2D eigenvalue weighted by atomic mass is 32.2. The van der Waals surface area contributed by atoms with Crippen molar-refractivity contribution >= 4 is 15.8 Å². The van der Waals surface area contributed by atoms with Gasteiger partial charge in [0.2, 0.25) is 10.0 Å². The van der Waals surface area contributed by atoms with Gasteiger partial charge in [0.05, 0.1) is 16.6 Å². The van der Waals surface area contributed by atoms with E-state index in [1.54, 1.807) is 30.5 Å². The predicted molar refractivity (Wildman–Crippen MR) is 104 cm³/mol. The lowest BCUT2D eigenvalue weighted by Gasteiger charge is -2.27. The SMILES string of the molecule is CC(=O)c1cccc(S(=O)(=O)N(C)[C@H](c2ccccc2)c2ccccn2)c1. The van der Waals surface area contributed by atoms with Crippen LogP contribution in [0.3, 0.4) is 0 Å². The Morgan fingerprint density at radius 2 is 1.67 bits per heavy atom. The Kier molecular flexibility index (Phi) is 5.48. The minimum atomic E-state index is -3.85. The van der Waals surface area contributed by atoms with Crippen molar-refractivity contribution in [1.29, 1.82) is 0 Å². The summed E-state index contributed by atoms with van der Waals surface area (Å²) in [5.41, 5.74) is 1.79. The second kappa shape index (κ2) is 7.82. The number of hydrogen-bond donors (Lipinski definition) is 0. The maximum absolute atomic E-state index is 13.3. The molecule has 0 aliphatic rings. The highest BCUT2D eigenvalue weighted by Crippen LogP contribution is 2.31. The number of pyridine rings is 1. The summed E-state index contributed by atoms with van der Waals surface area (Å²) in [4.78, 5) is 16.1. The monoisotopic (exact) mass is 380 g/mol. The minimum absolute atomic E-state index is 0.0783. The van der Waals surface area contributed by atoms with E-state index < -0.39 is 16.1 Å². The number of aromatic nitrogens is 1. The molecule has 1 atom stereocenters. The first kappa shape index (κ1) is 18.9. The van der Waals surface area contributed by atoms with Gasteiger partial charge in [0.15, 0.2) is 5.78 Å². The Morgan fingerprint density at radius 1 is 0.963 bits per heavy atom. The largest absolute Gasteiger partial charge is 0.295 e. The Hall–Kier alpha value is -2.83. The standard InChI is InChI=1S/C21H20N2O3S/c1-16(24)18-11-8-12-19(15-18)27(25,26)23(2)21(17-9-4-3-5-10-17)20-13-6-7-14-22-20/h3-15,21H,1-2H3/t21-/m1/s1. The first-order valence-electron chi connectivity index (χ1n) is 8.46. The molecule has 0 spiro atoms. The van der Waals surface area contributed by atoms with Gasteiger partial charge in [-0.25, -0.2) is 8.42 Å². The molecule has 0 bridgehead atoms. The van der Waals surface area contributed by atoms with Crippen molar-refractivity contribution in [3.05, 3.63) is 95.8 Å². The summed E-state index contributed by atoms with van der Waals surface area (Å²) in [5.74, 6) is -0.181. The van der Waals surface area contributed by atoms with Crippen LogP contribution in [0.5, 0.6) is 0 Å². The molecule has 3 aromatic rings. The molecule has 0 saturated carbocycles. The summed E-state index contributed by atoms with van der Waals surface area (Å²) in [5, 5.41) is 0. The zero-order chi connectivity index (χ0) is 19.4. The zero-order valence-electron chi connectivity index (χ0n) is 15.1. The summed E-state index contributed by atoms with van der Waals surface area (Å²) < 4.78 is 27.9. The van der Waals surface area contributed by atoms with Crippen molar-refractivity contribution in [2.24, 2.45) is 0 Å². The number of sulfonamides is 1. The van der Waals surface area contributed by atoms with Crippen LogP contribution in [-0.4, -0.2) is 30.5 Å². The van der Waals surface area contributed by atoms with Crippen LogP contribution in [0.1, 0.15) is 34.6 Å². The van der Waals surface area contributed by atoms with Gasteiger partial charge in [-0.2, -0.15) is 4.31 Å². The van der Waals surface area contributed by atoms with Crippen molar-refractivity contribution in [3.8, 4) is 0 Å². The van der Waals surface area contributed by atoms with Gasteiger partial charge in [0.1, 0.15) is 0 Å². The van der Waals surface area contributed by atoms with Gasteiger partial charge in [-0.05, 0) is 36.8 Å². The summed E-state index contributed by atoms with van der Waals surface area (Å²) in [6.45, 7) is 1.41. The predicted octanol–water partition coefficient (Wildman–Crippen LogP) is 3.69. The van der Waals surface area contributed by atoms with Crippen molar-refractivity contribution in [3.63, 3.8) is 0 Å². The average Bonchev–Trinajstić information content (AvgIpc) is 2.70. The van der Waals surface area contributed by atoms with Gasteiger partial charge in [-0.3, -0.25) is 9.78 Å². The number of Topliss-reactive ketones (excluding diaryl/α,β-unsaturated/α-hetero) is 1. The van der Waals surface area contributed by atoms with Crippen LogP contribution in [0.2, 0.25) is 0 Å². The molecular formula is C21H20N2O3S. The van der Waals surface area contributed by atoms with E-state index in [2.05, 4.69) is 4.98 Å². The number of benzene rings is 2. The molecule has 0 fully saturated rings. The normalized spacial score (nSPS) is 12.7. The molecule has 0 aliphatic heterocycles. The van der Waals surface area contributed by atoms with Crippen molar-refractivity contribution in [2.75, 3.05) is 7.05 Å². The van der Waals surface area contributed by atoms with Gasteiger partial charge in [0, 0.05) is 18.8 Å². The summed E-state index contributed by atoms with van der Waals surface area (Å²) in [6.07, 6.45) is 1.64. The Bertz CT molecular complexity index is 996. The third kappa shape index (κ3) is 3.97. The van der Waals surface area contributed by atoms with Crippen LogP contribution >= 0.6 is 0 Å². The topological polar surface area (TPSA) is 67.3 Å². The van der Waals surface area contributed by atoms with Crippen LogP contribution < -0.4 is 0 Å². The molecule has 138 valence electrons. The first-order chi connectivity index (χ1) is 12.9. The molecule has 0 amide bonds.